The number of fused-ring (bicyclic) bond motifs is 2. The second kappa shape index (κ2) is 7.58. The molecule has 0 atom stereocenters. The van der Waals surface area contributed by atoms with E-state index in [0.717, 1.165) is 30.3 Å². The Morgan fingerprint density at radius 1 is 1.23 bits per heavy atom. The van der Waals surface area contributed by atoms with Crippen LogP contribution in [0.5, 0.6) is 5.75 Å². The summed E-state index contributed by atoms with van der Waals surface area (Å²) in [5.41, 5.74) is 1.67. The summed E-state index contributed by atoms with van der Waals surface area (Å²) >= 11 is 6.50. The number of anilines is 1. The fourth-order valence-corrected chi connectivity index (χ4v) is 4.82. The summed E-state index contributed by atoms with van der Waals surface area (Å²) in [4.78, 5) is 25.4. The van der Waals surface area contributed by atoms with Gasteiger partial charge in [-0.2, -0.15) is 0 Å². The van der Waals surface area contributed by atoms with Crippen molar-refractivity contribution in [3.8, 4) is 5.75 Å². The molecule has 1 spiro atoms. The number of piperidine rings is 1. The van der Waals surface area contributed by atoms with Gasteiger partial charge in [-0.15, -0.1) is 0 Å². The van der Waals surface area contributed by atoms with E-state index in [9.17, 15) is 13.6 Å². The first kappa shape index (κ1) is 20.4. The van der Waals surface area contributed by atoms with E-state index in [2.05, 4.69) is 9.88 Å². The molecule has 1 saturated heterocycles. The monoisotopic (exact) mass is 448 g/mol. The highest BCUT2D eigenvalue weighted by Crippen LogP contribution is 2.52. The minimum atomic E-state index is -0.694. The largest absolute Gasteiger partial charge is 0.487 e. The van der Waals surface area contributed by atoms with Crippen LogP contribution >= 0.6 is 11.6 Å². The van der Waals surface area contributed by atoms with Crippen LogP contribution in [-0.4, -0.2) is 46.5 Å². The Balaban J connectivity index is 1.31. The van der Waals surface area contributed by atoms with Crippen LogP contribution < -0.4 is 9.64 Å². The summed E-state index contributed by atoms with van der Waals surface area (Å²) in [5, 5.41) is 0.337. The minimum Gasteiger partial charge on any atom is -0.487 e. The summed E-state index contributed by atoms with van der Waals surface area (Å²) in [6, 6.07) is 3.34. The molecule has 0 N–H and O–H groups in total. The normalized spacial score (nSPS) is 20.0. The number of benzene rings is 1. The topological polar surface area (TPSA) is 58.6 Å². The first-order valence-corrected chi connectivity index (χ1v) is 10.9. The Hall–Kier alpha value is -2.48. The van der Waals surface area contributed by atoms with Crippen molar-refractivity contribution < 1.29 is 18.3 Å². The third-order valence-electron chi connectivity index (χ3n) is 6.47. The molecular formula is C22H23ClF2N4O2. The molecule has 1 aromatic heterocycles. The number of aromatic nitrogens is 2. The lowest BCUT2D eigenvalue weighted by molar-refractivity contribution is -0.130. The van der Waals surface area contributed by atoms with Crippen molar-refractivity contribution in [1.82, 2.24) is 14.9 Å². The van der Waals surface area contributed by atoms with E-state index in [0.29, 0.717) is 50.0 Å². The number of hydrogen-bond donors (Lipinski definition) is 0. The summed E-state index contributed by atoms with van der Waals surface area (Å²) in [6.45, 7) is 4.00. The molecule has 1 amide bonds. The lowest BCUT2D eigenvalue weighted by atomic mass is 9.94. The number of carbonyl (C=O) groups excluding carboxylic acids is 1. The zero-order valence-corrected chi connectivity index (χ0v) is 18.0. The fraction of sp³-hybridized carbons (Fsp3) is 0.500. The van der Waals surface area contributed by atoms with Gasteiger partial charge < -0.3 is 14.5 Å². The van der Waals surface area contributed by atoms with Gasteiger partial charge in [-0.3, -0.25) is 4.79 Å². The minimum absolute atomic E-state index is 0.0404. The molecule has 164 valence electrons. The molecule has 1 aromatic carbocycles. The SMILES string of the molecule is CC(=O)N1Cc2nc(Cl)c(N3CCC(Oc4ccc(F)cc4F)CC3)nc2C2(CC2)C1. The zero-order valence-electron chi connectivity index (χ0n) is 17.2. The van der Waals surface area contributed by atoms with Gasteiger partial charge in [0.2, 0.25) is 5.91 Å². The first-order chi connectivity index (χ1) is 14.8. The number of carbonyl (C=O) groups is 1. The lowest BCUT2D eigenvalue weighted by Crippen LogP contribution is -2.43. The van der Waals surface area contributed by atoms with Crippen LogP contribution in [0.1, 0.15) is 44.0 Å². The molecular weight excluding hydrogens is 426 g/mol. The number of amides is 1. The van der Waals surface area contributed by atoms with Gasteiger partial charge >= 0.3 is 0 Å². The maximum absolute atomic E-state index is 13.9. The third-order valence-corrected chi connectivity index (χ3v) is 6.73. The van der Waals surface area contributed by atoms with Crippen molar-refractivity contribution in [2.24, 2.45) is 0 Å². The lowest BCUT2D eigenvalue weighted by Gasteiger charge is -2.36. The smallest absolute Gasteiger partial charge is 0.219 e. The molecule has 2 aliphatic heterocycles. The first-order valence-electron chi connectivity index (χ1n) is 10.5. The predicted octanol–water partition coefficient (Wildman–Crippen LogP) is 3.85. The standard InChI is InChI=1S/C22H23ClF2N4O2/c1-13(30)29-11-17-19(22(12-29)6-7-22)27-21(20(23)26-17)28-8-4-15(5-9-28)31-18-3-2-14(24)10-16(18)25/h2-3,10,15H,4-9,11-12H2,1H3. The Bertz CT molecular complexity index is 1040. The summed E-state index contributed by atoms with van der Waals surface area (Å²) in [7, 11) is 0. The van der Waals surface area contributed by atoms with E-state index in [-0.39, 0.29) is 23.2 Å². The molecule has 1 saturated carbocycles. The third kappa shape index (κ3) is 3.82. The highest BCUT2D eigenvalue weighted by atomic mass is 35.5. The zero-order chi connectivity index (χ0) is 21.8. The molecule has 3 aliphatic rings. The number of hydrogen-bond acceptors (Lipinski definition) is 5. The predicted molar refractivity (Wildman–Crippen MR) is 111 cm³/mol. The van der Waals surface area contributed by atoms with Crippen molar-refractivity contribution in [3.05, 3.63) is 46.4 Å². The van der Waals surface area contributed by atoms with Crippen LogP contribution in [0.2, 0.25) is 5.15 Å². The molecule has 5 rings (SSSR count). The molecule has 2 fully saturated rings. The second-order valence-electron chi connectivity index (χ2n) is 8.67. The van der Waals surface area contributed by atoms with Gasteiger partial charge in [0.1, 0.15) is 11.9 Å². The average Bonchev–Trinajstić information content (AvgIpc) is 3.50. The Morgan fingerprint density at radius 2 is 1.97 bits per heavy atom. The van der Waals surface area contributed by atoms with Gasteiger partial charge in [0.15, 0.2) is 22.5 Å². The van der Waals surface area contributed by atoms with E-state index in [1.54, 1.807) is 6.92 Å². The molecule has 2 aromatic rings. The fourth-order valence-electron chi connectivity index (χ4n) is 4.56. The van der Waals surface area contributed by atoms with Crippen molar-refractivity contribution >= 4 is 23.3 Å². The molecule has 0 radical (unpaired) electrons. The summed E-state index contributed by atoms with van der Waals surface area (Å²) in [5.74, 6) is -0.550. The number of halogens is 3. The summed E-state index contributed by atoms with van der Waals surface area (Å²) < 4.78 is 32.7. The van der Waals surface area contributed by atoms with Crippen molar-refractivity contribution in [2.75, 3.05) is 24.5 Å². The quantitative estimate of drug-likeness (QED) is 0.713. The summed E-state index contributed by atoms with van der Waals surface area (Å²) in [6.07, 6.45) is 3.15. The highest BCUT2D eigenvalue weighted by Gasteiger charge is 2.52. The van der Waals surface area contributed by atoms with Crippen molar-refractivity contribution in [2.45, 2.75) is 50.7 Å². The van der Waals surface area contributed by atoms with Gasteiger partial charge in [0.05, 0.1) is 17.9 Å². The van der Waals surface area contributed by atoms with Gasteiger partial charge in [-0.1, -0.05) is 11.6 Å². The highest BCUT2D eigenvalue weighted by molar-refractivity contribution is 6.31. The Kier molecular flexibility index (Phi) is 5.00. The number of rotatable bonds is 3. The van der Waals surface area contributed by atoms with Crippen LogP contribution in [0.25, 0.3) is 0 Å². The van der Waals surface area contributed by atoms with E-state index in [4.69, 9.17) is 21.3 Å². The molecule has 1 aliphatic carbocycles. The van der Waals surface area contributed by atoms with Gasteiger partial charge in [0, 0.05) is 50.9 Å². The molecule has 31 heavy (non-hydrogen) atoms. The molecule has 0 unspecified atom stereocenters. The van der Waals surface area contributed by atoms with Crippen LogP contribution in [0.3, 0.4) is 0 Å². The van der Waals surface area contributed by atoms with Crippen LogP contribution in [0.15, 0.2) is 18.2 Å². The van der Waals surface area contributed by atoms with E-state index in [1.807, 2.05) is 4.90 Å². The van der Waals surface area contributed by atoms with Crippen molar-refractivity contribution in [1.29, 1.82) is 0 Å². The molecule has 0 bridgehead atoms. The maximum atomic E-state index is 13.9. The molecule has 3 heterocycles. The van der Waals surface area contributed by atoms with Crippen LogP contribution in [0, 0.1) is 11.6 Å². The Labute approximate surface area is 184 Å². The second-order valence-corrected chi connectivity index (χ2v) is 9.03. The van der Waals surface area contributed by atoms with Gasteiger partial charge in [-0.25, -0.2) is 18.7 Å². The van der Waals surface area contributed by atoms with E-state index in [1.165, 1.54) is 12.1 Å². The van der Waals surface area contributed by atoms with Gasteiger partial charge in [-0.05, 0) is 25.0 Å². The van der Waals surface area contributed by atoms with Gasteiger partial charge in [0.25, 0.3) is 0 Å². The maximum Gasteiger partial charge on any atom is 0.219 e. The average molecular weight is 449 g/mol. The molecule has 9 heteroatoms. The molecule has 6 nitrogen and oxygen atoms in total. The van der Waals surface area contributed by atoms with Crippen molar-refractivity contribution in [3.63, 3.8) is 0 Å². The number of ether oxygens (including phenoxy) is 1. The number of nitrogens with zero attached hydrogens (tertiary/aromatic N) is 4. The Morgan fingerprint density at radius 3 is 2.61 bits per heavy atom. The van der Waals surface area contributed by atoms with E-state index >= 15 is 0 Å². The van der Waals surface area contributed by atoms with Crippen LogP contribution in [0.4, 0.5) is 14.6 Å². The van der Waals surface area contributed by atoms with E-state index < -0.39 is 11.6 Å². The van der Waals surface area contributed by atoms with Crippen LogP contribution in [-0.2, 0) is 16.8 Å².